The minimum absolute atomic E-state index is 0.134. The first-order chi connectivity index (χ1) is 6.45. The molecule has 78 valence electrons. The highest BCUT2D eigenvalue weighted by molar-refractivity contribution is 6.04. The number of hydrogen-bond acceptors (Lipinski definition) is 3. The van der Waals surface area contributed by atoms with Crippen LogP contribution in [0.1, 0.15) is 26.7 Å². The molecule has 5 nitrogen and oxygen atoms in total. The van der Waals surface area contributed by atoms with E-state index in [2.05, 4.69) is 0 Å². The zero-order valence-corrected chi connectivity index (χ0v) is 8.19. The zero-order valence-electron chi connectivity index (χ0n) is 8.19. The van der Waals surface area contributed by atoms with Gasteiger partial charge in [0.1, 0.15) is 6.04 Å². The molecule has 1 unspecified atom stereocenters. The van der Waals surface area contributed by atoms with Gasteiger partial charge in [0.15, 0.2) is 0 Å². The number of imide groups is 1. The highest BCUT2D eigenvalue weighted by Gasteiger charge is 2.40. The van der Waals surface area contributed by atoms with Crippen molar-refractivity contribution in [2.24, 2.45) is 5.92 Å². The van der Waals surface area contributed by atoms with Crippen molar-refractivity contribution in [1.82, 2.24) is 4.90 Å². The van der Waals surface area contributed by atoms with Crippen molar-refractivity contribution in [3.8, 4) is 0 Å². The maximum atomic E-state index is 11.3. The molecule has 0 aromatic rings. The molecule has 14 heavy (non-hydrogen) atoms. The zero-order chi connectivity index (χ0) is 10.9. The Labute approximate surface area is 81.7 Å². The topological polar surface area (TPSA) is 74.7 Å². The first kappa shape index (κ1) is 10.7. The molecule has 0 bridgehead atoms. The second-order valence-electron chi connectivity index (χ2n) is 3.68. The summed E-state index contributed by atoms with van der Waals surface area (Å²) in [6.45, 7) is 3.36. The fourth-order valence-corrected chi connectivity index (χ4v) is 1.60. The lowest BCUT2D eigenvalue weighted by Gasteiger charge is -2.25. The predicted molar refractivity (Wildman–Crippen MR) is 47.3 cm³/mol. The molecule has 2 amide bonds. The van der Waals surface area contributed by atoms with E-state index in [1.807, 2.05) is 0 Å². The second-order valence-corrected chi connectivity index (χ2v) is 3.68. The molecular weight excluding hydrogens is 186 g/mol. The number of hydrogen-bond donors (Lipinski definition) is 1. The van der Waals surface area contributed by atoms with Crippen molar-refractivity contribution >= 4 is 17.8 Å². The van der Waals surface area contributed by atoms with Gasteiger partial charge in [-0.2, -0.15) is 0 Å². The monoisotopic (exact) mass is 199 g/mol. The molecule has 0 aromatic carbocycles. The molecule has 1 rings (SSSR count). The van der Waals surface area contributed by atoms with Crippen LogP contribution in [0.5, 0.6) is 0 Å². The van der Waals surface area contributed by atoms with Gasteiger partial charge in [-0.1, -0.05) is 13.8 Å². The average Bonchev–Trinajstić information content (AvgIpc) is 2.34. The van der Waals surface area contributed by atoms with E-state index in [0.717, 1.165) is 4.90 Å². The normalized spacial score (nSPS) is 19.2. The van der Waals surface area contributed by atoms with Crippen molar-refractivity contribution in [1.29, 1.82) is 0 Å². The Kier molecular flexibility index (Phi) is 2.88. The van der Waals surface area contributed by atoms with E-state index in [1.165, 1.54) is 0 Å². The van der Waals surface area contributed by atoms with Crippen molar-refractivity contribution in [2.75, 3.05) is 0 Å². The summed E-state index contributed by atoms with van der Waals surface area (Å²) in [7, 11) is 0. The molecule has 1 aliphatic rings. The molecule has 1 N–H and O–H groups in total. The van der Waals surface area contributed by atoms with Crippen molar-refractivity contribution in [2.45, 2.75) is 32.7 Å². The maximum absolute atomic E-state index is 11.3. The van der Waals surface area contributed by atoms with Gasteiger partial charge in [-0.25, -0.2) is 4.79 Å². The predicted octanol–water partition coefficient (Wildman–Crippen LogP) is 0.245. The minimum atomic E-state index is -1.12. The number of nitrogens with zero attached hydrogens (tertiary/aromatic N) is 1. The van der Waals surface area contributed by atoms with Crippen molar-refractivity contribution in [3.05, 3.63) is 0 Å². The molecule has 5 heteroatoms. The largest absolute Gasteiger partial charge is 0.480 e. The lowest BCUT2D eigenvalue weighted by molar-refractivity contribution is -0.156. The summed E-state index contributed by atoms with van der Waals surface area (Å²) in [5.74, 6) is -2.14. The van der Waals surface area contributed by atoms with E-state index in [9.17, 15) is 14.4 Å². The van der Waals surface area contributed by atoms with Gasteiger partial charge in [0.2, 0.25) is 11.8 Å². The van der Waals surface area contributed by atoms with E-state index >= 15 is 0 Å². The number of likely N-dealkylation sites (tertiary alicyclic amines) is 1. The highest BCUT2D eigenvalue weighted by Crippen LogP contribution is 2.20. The summed E-state index contributed by atoms with van der Waals surface area (Å²) in [5.41, 5.74) is 0. The van der Waals surface area contributed by atoms with E-state index in [-0.39, 0.29) is 30.6 Å². The third kappa shape index (κ3) is 1.76. The van der Waals surface area contributed by atoms with Crippen LogP contribution in [0.25, 0.3) is 0 Å². The Balaban J connectivity index is 2.92. The molecular formula is C9H13NO4. The Morgan fingerprint density at radius 1 is 1.29 bits per heavy atom. The first-order valence-electron chi connectivity index (χ1n) is 4.53. The number of carbonyl (C=O) groups is 3. The van der Waals surface area contributed by atoms with Gasteiger partial charge in [0, 0.05) is 12.8 Å². The van der Waals surface area contributed by atoms with E-state index in [4.69, 9.17) is 5.11 Å². The summed E-state index contributed by atoms with van der Waals surface area (Å²) in [5, 5.41) is 8.89. The van der Waals surface area contributed by atoms with Crippen LogP contribution < -0.4 is 0 Å². The smallest absolute Gasteiger partial charge is 0.327 e. The lowest BCUT2D eigenvalue weighted by Crippen LogP contribution is -2.47. The molecule has 0 radical (unpaired) electrons. The molecule has 0 aliphatic carbocycles. The third-order valence-electron chi connectivity index (χ3n) is 2.25. The van der Waals surface area contributed by atoms with Gasteiger partial charge < -0.3 is 5.11 Å². The van der Waals surface area contributed by atoms with E-state index < -0.39 is 12.0 Å². The molecule has 0 aromatic heterocycles. The van der Waals surface area contributed by atoms with Crippen LogP contribution >= 0.6 is 0 Å². The van der Waals surface area contributed by atoms with Gasteiger partial charge in [0.05, 0.1) is 0 Å². The summed E-state index contributed by atoms with van der Waals surface area (Å²) < 4.78 is 0. The number of carboxylic acid groups (broad SMARTS) is 1. The van der Waals surface area contributed by atoms with E-state index in [0.29, 0.717) is 0 Å². The van der Waals surface area contributed by atoms with Crippen molar-refractivity contribution in [3.63, 3.8) is 0 Å². The maximum Gasteiger partial charge on any atom is 0.327 e. The fourth-order valence-electron chi connectivity index (χ4n) is 1.60. The third-order valence-corrected chi connectivity index (χ3v) is 2.25. The molecule has 0 spiro atoms. The number of aliphatic carboxylic acids is 1. The van der Waals surface area contributed by atoms with Crippen LogP contribution in [-0.2, 0) is 14.4 Å². The SMILES string of the molecule is CC(C)C(C(=O)O)N1C(=O)CCC1=O. The molecule has 0 saturated carbocycles. The van der Waals surface area contributed by atoms with Crippen LogP contribution in [0.15, 0.2) is 0 Å². The Morgan fingerprint density at radius 2 is 1.71 bits per heavy atom. The quantitative estimate of drug-likeness (QED) is 0.661. The minimum Gasteiger partial charge on any atom is -0.480 e. The molecule has 1 saturated heterocycles. The Bertz CT molecular complexity index is 269. The summed E-state index contributed by atoms with van der Waals surface area (Å²) in [6, 6.07) is -1.02. The second kappa shape index (κ2) is 3.77. The highest BCUT2D eigenvalue weighted by atomic mass is 16.4. The van der Waals surface area contributed by atoms with Gasteiger partial charge in [-0.3, -0.25) is 14.5 Å². The Hall–Kier alpha value is -1.39. The summed E-state index contributed by atoms with van der Waals surface area (Å²) >= 11 is 0. The molecule has 1 aliphatic heterocycles. The number of rotatable bonds is 3. The van der Waals surface area contributed by atoms with E-state index in [1.54, 1.807) is 13.8 Å². The number of carboxylic acids is 1. The van der Waals surface area contributed by atoms with Crippen LogP contribution in [0, 0.1) is 5.92 Å². The standard InChI is InChI=1S/C9H13NO4/c1-5(2)8(9(13)14)10-6(11)3-4-7(10)12/h5,8H,3-4H2,1-2H3,(H,13,14). The summed E-state index contributed by atoms with van der Waals surface area (Å²) in [6.07, 6.45) is 0.269. The van der Waals surface area contributed by atoms with Crippen LogP contribution in [-0.4, -0.2) is 33.8 Å². The number of amides is 2. The molecule has 1 atom stereocenters. The van der Waals surface area contributed by atoms with Gasteiger partial charge in [0.25, 0.3) is 0 Å². The first-order valence-corrected chi connectivity index (χ1v) is 4.53. The van der Waals surface area contributed by atoms with Crippen molar-refractivity contribution < 1.29 is 19.5 Å². The van der Waals surface area contributed by atoms with Gasteiger partial charge in [-0.15, -0.1) is 0 Å². The van der Waals surface area contributed by atoms with Crippen LogP contribution in [0.3, 0.4) is 0 Å². The Morgan fingerprint density at radius 3 is 2.00 bits per heavy atom. The van der Waals surface area contributed by atoms with Crippen LogP contribution in [0.2, 0.25) is 0 Å². The average molecular weight is 199 g/mol. The lowest BCUT2D eigenvalue weighted by atomic mass is 10.0. The molecule has 1 heterocycles. The fraction of sp³-hybridized carbons (Fsp3) is 0.667. The van der Waals surface area contributed by atoms with Crippen LogP contribution in [0.4, 0.5) is 0 Å². The summed E-state index contributed by atoms with van der Waals surface area (Å²) in [4.78, 5) is 34.3. The molecule has 1 fully saturated rings. The van der Waals surface area contributed by atoms with Gasteiger partial charge >= 0.3 is 5.97 Å². The number of carbonyl (C=O) groups excluding carboxylic acids is 2. The van der Waals surface area contributed by atoms with Gasteiger partial charge in [-0.05, 0) is 5.92 Å².